The van der Waals surface area contributed by atoms with Crippen LogP contribution in [0.4, 0.5) is 24.5 Å². The summed E-state index contributed by atoms with van der Waals surface area (Å²) >= 11 is 0. The number of carbonyl (C=O) groups excluding carboxylic acids is 1. The number of nitro groups is 1. The molecule has 0 atom stereocenters. The van der Waals surface area contributed by atoms with Gasteiger partial charge in [-0.05, 0) is 6.07 Å². The van der Waals surface area contributed by atoms with E-state index in [0.29, 0.717) is 6.07 Å². The lowest BCUT2D eigenvalue weighted by Crippen LogP contribution is -2.29. The highest BCUT2D eigenvalue weighted by Crippen LogP contribution is 2.24. The average molecular weight is 263 g/mol. The Morgan fingerprint density at radius 3 is 2.61 bits per heavy atom. The molecule has 0 radical (unpaired) electrons. The third kappa shape index (κ3) is 3.09. The van der Waals surface area contributed by atoms with E-state index < -0.39 is 46.6 Å². The van der Waals surface area contributed by atoms with Gasteiger partial charge in [0.1, 0.15) is 5.56 Å². The first-order valence-electron chi connectivity index (χ1n) is 4.62. The molecule has 1 aromatic carbocycles. The highest BCUT2D eigenvalue weighted by molar-refractivity contribution is 5.99. The van der Waals surface area contributed by atoms with Crippen LogP contribution in [0.15, 0.2) is 12.1 Å². The molecule has 1 amide bonds. The van der Waals surface area contributed by atoms with Crippen LogP contribution in [0.5, 0.6) is 0 Å². The van der Waals surface area contributed by atoms with E-state index in [9.17, 15) is 28.1 Å². The van der Waals surface area contributed by atoms with E-state index in [4.69, 9.17) is 5.73 Å². The Bertz CT molecular complexity index is 493. The second kappa shape index (κ2) is 5.34. The molecule has 18 heavy (non-hydrogen) atoms. The van der Waals surface area contributed by atoms with Crippen molar-refractivity contribution in [2.75, 3.05) is 12.3 Å². The molecule has 0 heterocycles. The van der Waals surface area contributed by atoms with Crippen LogP contribution in [0.2, 0.25) is 0 Å². The summed E-state index contributed by atoms with van der Waals surface area (Å²) in [7, 11) is 0. The van der Waals surface area contributed by atoms with E-state index in [1.165, 1.54) is 0 Å². The van der Waals surface area contributed by atoms with E-state index in [1.54, 1.807) is 5.32 Å². The Hall–Kier alpha value is -2.32. The van der Waals surface area contributed by atoms with Crippen molar-refractivity contribution in [3.05, 3.63) is 33.6 Å². The van der Waals surface area contributed by atoms with Crippen molar-refractivity contribution >= 4 is 17.3 Å². The quantitative estimate of drug-likeness (QED) is 0.486. The van der Waals surface area contributed by atoms with Crippen molar-refractivity contribution in [1.82, 2.24) is 5.32 Å². The molecule has 1 rings (SSSR count). The number of alkyl halides is 2. The summed E-state index contributed by atoms with van der Waals surface area (Å²) in [5.74, 6) is -2.18. The van der Waals surface area contributed by atoms with E-state index in [1.807, 2.05) is 0 Å². The Morgan fingerprint density at radius 1 is 1.50 bits per heavy atom. The molecule has 0 saturated heterocycles. The van der Waals surface area contributed by atoms with Crippen LogP contribution < -0.4 is 11.1 Å². The van der Waals surface area contributed by atoms with Crippen LogP contribution in [0.1, 0.15) is 10.4 Å². The van der Waals surface area contributed by atoms with E-state index >= 15 is 0 Å². The second-order valence-electron chi connectivity index (χ2n) is 3.25. The molecule has 0 bridgehead atoms. The summed E-state index contributed by atoms with van der Waals surface area (Å²) in [5.41, 5.74) is 3.26. The summed E-state index contributed by atoms with van der Waals surface area (Å²) in [6.45, 7) is -0.965. The largest absolute Gasteiger partial charge is 0.396 e. The standard InChI is InChI=1S/C9H8F3N3O3/c10-5-2-7(15(17)18)4(1-6(5)13)9(16)14-3-8(11)12/h1-2,8H,3,13H2,(H,14,16). The van der Waals surface area contributed by atoms with Gasteiger partial charge in [-0.1, -0.05) is 0 Å². The van der Waals surface area contributed by atoms with Crippen molar-refractivity contribution in [1.29, 1.82) is 0 Å². The Morgan fingerprint density at radius 2 is 2.11 bits per heavy atom. The number of nitrogens with one attached hydrogen (secondary N) is 1. The molecule has 0 aromatic heterocycles. The minimum atomic E-state index is -2.80. The fourth-order valence-electron chi connectivity index (χ4n) is 1.18. The summed E-state index contributed by atoms with van der Waals surface area (Å²) in [6.07, 6.45) is -2.80. The van der Waals surface area contributed by atoms with Crippen LogP contribution in [0.3, 0.4) is 0 Å². The van der Waals surface area contributed by atoms with Crippen molar-refractivity contribution < 1.29 is 22.9 Å². The monoisotopic (exact) mass is 263 g/mol. The first-order chi connectivity index (χ1) is 8.32. The molecule has 0 saturated carbocycles. The number of halogens is 3. The summed E-state index contributed by atoms with van der Waals surface area (Å²) in [6, 6.07) is 1.20. The van der Waals surface area contributed by atoms with Gasteiger partial charge in [0.25, 0.3) is 18.0 Å². The minimum Gasteiger partial charge on any atom is -0.396 e. The van der Waals surface area contributed by atoms with E-state index in [-0.39, 0.29) is 0 Å². The van der Waals surface area contributed by atoms with Crippen LogP contribution >= 0.6 is 0 Å². The normalized spacial score (nSPS) is 10.4. The number of nitro benzene ring substituents is 1. The Kier molecular flexibility index (Phi) is 4.08. The summed E-state index contributed by atoms with van der Waals surface area (Å²) in [4.78, 5) is 21.0. The number of anilines is 1. The second-order valence-corrected chi connectivity index (χ2v) is 3.25. The number of hydrogen-bond acceptors (Lipinski definition) is 4. The lowest BCUT2D eigenvalue weighted by atomic mass is 10.1. The molecular formula is C9H8F3N3O3. The molecule has 0 fully saturated rings. The lowest BCUT2D eigenvalue weighted by Gasteiger charge is -2.06. The zero-order valence-corrected chi connectivity index (χ0v) is 8.82. The zero-order valence-electron chi connectivity index (χ0n) is 8.82. The van der Waals surface area contributed by atoms with Crippen LogP contribution in [-0.2, 0) is 0 Å². The Labute approximate surface area is 98.7 Å². The smallest absolute Gasteiger partial charge is 0.285 e. The number of hydrogen-bond donors (Lipinski definition) is 2. The predicted octanol–water partition coefficient (Wildman–Crippen LogP) is 1.31. The van der Waals surface area contributed by atoms with Crippen LogP contribution in [-0.4, -0.2) is 23.8 Å². The molecule has 0 aliphatic heterocycles. The van der Waals surface area contributed by atoms with E-state index in [0.717, 1.165) is 6.07 Å². The molecule has 6 nitrogen and oxygen atoms in total. The number of carbonyl (C=O) groups is 1. The summed E-state index contributed by atoms with van der Waals surface area (Å²) < 4.78 is 36.8. The highest BCUT2D eigenvalue weighted by Gasteiger charge is 2.23. The van der Waals surface area contributed by atoms with Crippen LogP contribution in [0, 0.1) is 15.9 Å². The van der Waals surface area contributed by atoms with Crippen LogP contribution in [0.25, 0.3) is 0 Å². The fraction of sp³-hybridized carbons (Fsp3) is 0.222. The van der Waals surface area contributed by atoms with Gasteiger partial charge in [0.2, 0.25) is 0 Å². The van der Waals surface area contributed by atoms with E-state index in [2.05, 4.69) is 0 Å². The molecule has 9 heteroatoms. The number of nitrogens with two attached hydrogens (primary N) is 1. The SMILES string of the molecule is Nc1cc(C(=O)NCC(F)F)c([N+](=O)[O-])cc1F. The van der Waals surface area contributed by atoms with Gasteiger partial charge >= 0.3 is 0 Å². The number of nitrogens with zero attached hydrogens (tertiary/aromatic N) is 1. The van der Waals surface area contributed by atoms with Gasteiger partial charge in [0.15, 0.2) is 5.82 Å². The molecule has 0 aliphatic rings. The zero-order chi connectivity index (χ0) is 13.9. The minimum absolute atomic E-state index is 0.465. The Balaban J connectivity index is 3.10. The number of nitrogen functional groups attached to an aromatic ring is 1. The topological polar surface area (TPSA) is 98.3 Å². The van der Waals surface area contributed by atoms with Gasteiger partial charge < -0.3 is 11.1 Å². The number of amides is 1. The maximum Gasteiger partial charge on any atom is 0.285 e. The van der Waals surface area contributed by atoms with Gasteiger partial charge in [0.05, 0.1) is 23.2 Å². The molecule has 0 aliphatic carbocycles. The predicted molar refractivity (Wildman–Crippen MR) is 55.8 cm³/mol. The molecular weight excluding hydrogens is 255 g/mol. The number of rotatable bonds is 4. The van der Waals surface area contributed by atoms with Crippen molar-refractivity contribution in [3.8, 4) is 0 Å². The lowest BCUT2D eigenvalue weighted by molar-refractivity contribution is -0.385. The first kappa shape index (κ1) is 13.7. The molecule has 3 N–H and O–H groups in total. The molecule has 98 valence electrons. The van der Waals surface area contributed by atoms with Gasteiger partial charge in [-0.25, -0.2) is 13.2 Å². The van der Waals surface area contributed by atoms with Crippen molar-refractivity contribution in [2.45, 2.75) is 6.43 Å². The number of benzene rings is 1. The van der Waals surface area contributed by atoms with Gasteiger partial charge in [-0.2, -0.15) is 0 Å². The third-order valence-corrected chi connectivity index (χ3v) is 1.97. The first-order valence-corrected chi connectivity index (χ1v) is 4.62. The molecule has 0 unspecified atom stereocenters. The third-order valence-electron chi connectivity index (χ3n) is 1.97. The average Bonchev–Trinajstić information content (AvgIpc) is 2.28. The van der Waals surface area contributed by atoms with Gasteiger partial charge in [-0.3, -0.25) is 14.9 Å². The molecule has 1 aromatic rings. The molecule has 0 spiro atoms. The van der Waals surface area contributed by atoms with Crippen molar-refractivity contribution in [3.63, 3.8) is 0 Å². The summed E-state index contributed by atoms with van der Waals surface area (Å²) in [5, 5.41) is 12.4. The highest BCUT2D eigenvalue weighted by atomic mass is 19.3. The van der Waals surface area contributed by atoms with Gasteiger partial charge in [0, 0.05) is 0 Å². The fourth-order valence-corrected chi connectivity index (χ4v) is 1.18. The maximum atomic E-state index is 13.0. The van der Waals surface area contributed by atoms with Gasteiger partial charge in [-0.15, -0.1) is 0 Å². The van der Waals surface area contributed by atoms with Crippen molar-refractivity contribution in [2.24, 2.45) is 0 Å². The maximum absolute atomic E-state index is 13.0.